The van der Waals surface area contributed by atoms with Crippen molar-refractivity contribution in [3.63, 3.8) is 0 Å². The van der Waals surface area contributed by atoms with Crippen molar-refractivity contribution in [2.75, 3.05) is 26.2 Å². The highest BCUT2D eigenvalue weighted by atomic mass is 16.5. The van der Waals surface area contributed by atoms with Gasteiger partial charge < -0.3 is 20.1 Å². The van der Waals surface area contributed by atoms with Gasteiger partial charge in [-0.3, -0.25) is 9.59 Å². The van der Waals surface area contributed by atoms with E-state index < -0.39 is 18.0 Å². The third-order valence-corrected chi connectivity index (χ3v) is 7.17. The molecule has 1 aliphatic heterocycles. The van der Waals surface area contributed by atoms with E-state index in [0.29, 0.717) is 32.4 Å². The summed E-state index contributed by atoms with van der Waals surface area (Å²) in [6.07, 6.45) is 1.41. The summed E-state index contributed by atoms with van der Waals surface area (Å²) in [6, 6.07) is 16.4. The summed E-state index contributed by atoms with van der Waals surface area (Å²) >= 11 is 0. The fourth-order valence-corrected chi connectivity index (χ4v) is 5.39. The highest BCUT2D eigenvalue weighted by molar-refractivity contribution is 5.80. The number of aliphatic carboxylic acids is 1. The number of carbonyl (C=O) groups is 3. The molecule has 7 heteroatoms. The molecule has 1 saturated heterocycles. The van der Waals surface area contributed by atoms with Gasteiger partial charge >= 0.3 is 12.1 Å². The molecule has 0 aromatic heterocycles. The van der Waals surface area contributed by atoms with Gasteiger partial charge in [0.25, 0.3) is 0 Å². The molecule has 2 amide bonds. The first kappa shape index (κ1) is 24.8. The number of piperidine rings is 1. The maximum Gasteiger partial charge on any atom is 0.407 e. The van der Waals surface area contributed by atoms with Crippen LogP contribution in [0.25, 0.3) is 11.1 Å². The summed E-state index contributed by atoms with van der Waals surface area (Å²) in [6.45, 7) is 5.42. The first-order valence-corrected chi connectivity index (χ1v) is 12.5. The predicted molar refractivity (Wildman–Crippen MR) is 133 cm³/mol. The monoisotopic (exact) mass is 478 g/mol. The molecule has 2 aliphatic rings. The quantitative estimate of drug-likeness (QED) is 0.544. The number of fused-ring (bicyclic) bond motifs is 3. The molecule has 1 heterocycles. The lowest BCUT2D eigenvalue weighted by atomic mass is 9.89. The molecule has 4 rings (SSSR count). The number of likely N-dealkylation sites (tertiary alicyclic amines) is 1. The van der Waals surface area contributed by atoms with Crippen LogP contribution in [0.15, 0.2) is 48.5 Å². The number of ether oxygens (including phenoxy) is 1. The van der Waals surface area contributed by atoms with E-state index >= 15 is 0 Å². The molecule has 2 aromatic carbocycles. The smallest absolute Gasteiger partial charge is 0.407 e. The van der Waals surface area contributed by atoms with E-state index in [2.05, 4.69) is 29.6 Å². The Kier molecular flexibility index (Phi) is 7.73. The van der Waals surface area contributed by atoms with Crippen molar-refractivity contribution in [3.8, 4) is 11.1 Å². The second-order valence-electron chi connectivity index (χ2n) is 9.91. The molecule has 7 nitrogen and oxygen atoms in total. The van der Waals surface area contributed by atoms with Crippen LogP contribution in [0, 0.1) is 17.8 Å². The van der Waals surface area contributed by atoms with Crippen molar-refractivity contribution in [3.05, 3.63) is 59.7 Å². The van der Waals surface area contributed by atoms with Gasteiger partial charge in [-0.25, -0.2) is 4.79 Å². The number of benzene rings is 2. The molecule has 0 spiro atoms. The van der Waals surface area contributed by atoms with Gasteiger partial charge in [0.05, 0.1) is 5.92 Å². The lowest BCUT2D eigenvalue weighted by Crippen LogP contribution is -2.47. The number of nitrogens with one attached hydrogen (secondary N) is 1. The van der Waals surface area contributed by atoms with Crippen molar-refractivity contribution in [1.82, 2.24) is 10.2 Å². The standard InChI is InChI=1S/C28H34N2O5/c1-18-14-20(27(32)33)16-30(15-18)26(31)19(2)8-7-13-29-28(34)35-17-25-23-11-5-3-9-21(23)22-10-4-6-12-24(22)25/h3-6,9-12,18-20,25H,7-8,13-17H2,1-2H3,(H,29,34)(H,32,33). The number of nitrogens with zero attached hydrogens (tertiary/aromatic N) is 1. The fraction of sp³-hybridized carbons (Fsp3) is 0.464. The number of carbonyl (C=O) groups excluding carboxylic acids is 2. The first-order chi connectivity index (χ1) is 16.8. The summed E-state index contributed by atoms with van der Waals surface area (Å²) in [5.41, 5.74) is 4.72. The van der Waals surface area contributed by atoms with Gasteiger partial charge in [-0.1, -0.05) is 62.4 Å². The lowest BCUT2D eigenvalue weighted by molar-refractivity contribution is -0.148. The first-order valence-electron chi connectivity index (χ1n) is 12.5. The minimum atomic E-state index is -0.839. The average molecular weight is 479 g/mol. The Morgan fingerprint density at radius 1 is 1.06 bits per heavy atom. The van der Waals surface area contributed by atoms with Crippen molar-refractivity contribution in [1.29, 1.82) is 0 Å². The van der Waals surface area contributed by atoms with Crippen molar-refractivity contribution >= 4 is 18.0 Å². The minimum Gasteiger partial charge on any atom is -0.481 e. The van der Waals surface area contributed by atoms with Gasteiger partial charge in [0.1, 0.15) is 6.61 Å². The van der Waals surface area contributed by atoms with E-state index in [4.69, 9.17) is 4.74 Å². The zero-order valence-electron chi connectivity index (χ0n) is 20.4. The van der Waals surface area contributed by atoms with E-state index in [1.165, 1.54) is 22.3 Å². The number of hydrogen-bond acceptors (Lipinski definition) is 4. The van der Waals surface area contributed by atoms with Crippen LogP contribution in [0.4, 0.5) is 4.79 Å². The Morgan fingerprint density at radius 2 is 1.69 bits per heavy atom. The maximum absolute atomic E-state index is 12.8. The van der Waals surface area contributed by atoms with Crippen molar-refractivity contribution < 1.29 is 24.2 Å². The molecule has 2 aromatic rings. The van der Waals surface area contributed by atoms with E-state index in [0.717, 1.165) is 0 Å². The molecule has 35 heavy (non-hydrogen) atoms. The van der Waals surface area contributed by atoms with Gasteiger partial charge in [0.15, 0.2) is 0 Å². The van der Waals surface area contributed by atoms with E-state index in [1.54, 1.807) is 4.90 Å². The average Bonchev–Trinajstić information content (AvgIpc) is 3.18. The number of hydrogen-bond donors (Lipinski definition) is 2. The summed E-state index contributed by atoms with van der Waals surface area (Å²) in [7, 11) is 0. The van der Waals surface area contributed by atoms with Gasteiger partial charge in [0, 0.05) is 31.5 Å². The minimum absolute atomic E-state index is 0.0102. The topological polar surface area (TPSA) is 95.9 Å². The number of carboxylic acid groups (broad SMARTS) is 1. The Labute approximate surface area is 206 Å². The summed E-state index contributed by atoms with van der Waals surface area (Å²) in [4.78, 5) is 38.2. The van der Waals surface area contributed by atoms with Gasteiger partial charge in [-0.15, -0.1) is 0 Å². The Morgan fingerprint density at radius 3 is 2.31 bits per heavy atom. The largest absolute Gasteiger partial charge is 0.481 e. The Hall–Kier alpha value is -3.35. The molecule has 1 fully saturated rings. The third kappa shape index (κ3) is 5.66. The summed E-state index contributed by atoms with van der Waals surface area (Å²) in [5.74, 6) is -1.37. The summed E-state index contributed by atoms with van der Waals surface area (Å²) in [5, 5.41) is 12.1. The van der Waals surface area contributed by atoms with Crippen LogP contribution in [0.2, 0.25) is 0 Å². The number of carboxylic acids is 1. The number of amides is 2. The molecule has 3 atom stereocenters. The second kappa shape index (κ2) is 10.9. The molecule has 0 saturated carbocycles. The van der Waals surface area contributed by atoms with Crippen LogP contribution in [0.1, 0.15) is 50.2 Å². The second-order valence-corrected chi connectivity index (χ2v) is 9.91. The molecular weight excluding hydrogens is 444 g/mol. The highest BCUT2D eigenvalue weighted by Gasteiger charge is 2.33. The van der Waals surface area contributed by atoms with E-state index in [9.17, 15) is 19.5 Å². The molecule has 3 unspecified atom stereocenters. The fourth-order valence-electron chi connectivity index (χ4n) is 5.39. The Bertz CT molecular complexity index is 1040. The van der Waals surface area contributed by atoms with Crippen LogP contribution < -0.4 is 5.32 Å². The van der Waals surface area contributed by atoms with Crippen LogP contribution >= 0.6 is 0 Å². The number of rotatable bonds is 8. The SMILES string of the molecule is CC1CC(C(=O)O)CN(C(=O)C(C)CCCNC(=O)OCC2c3ccccc3-c3ccccc32)C1. The van der Waals surface area contributed by atoms with Crippen LogP contribution in [0.3, 0.4) is 0 Å². The van der Waals surface area contributed by atoms with E-state index in [1.807, 2.05) is 38.1 Å². The van der Waals surface area contributed by atoms with Gasteiger partial charge in [0.2, 0.25) is 5.91 Å². The number of alkyl carbamates (subject to hydrolysis) is 1. The van der Waals surface area contributed by atoms with Crippen molar-refractivity contribution in [2.45, 2.75) is 39.0 Å². The van der Waals surface area contributed by atoms with Crippen LogP contribution in [0.5, 0.6) is 0 Å². The molecule has 0 radical (unpaired) electrons. The zero-order chi connectivity index (χ0) is 24.9. The highest BCUT2D eigenvalue weighted by Crippen LogP contribution is 2.44. The van der Waals surface area contributed by atoms with Gasteiger partial charge in [-0.05, 0) is 47.4 Å². The third-order valence-electron chi connectivity index (χ3n) is 7.17. The lowest BCUT2D eigenvalue weighted by Gasteiger charge is -2.36. The van der Waals surface area contributed by atoms with Crippen LogP contribution in [-0.4, -0.2) is 54.2 Å². The normalized spacial score (nSPS) is 20.0. The van der Waals surface area contributed by atoms with Gasteiger partial charge in [-0.2, -0.15) is 0 Å². The maximum atomic E-state index is 12.8. The van der Waals surface area contributed by atoms with E-state index in [-0.39, 0.29) is 36.8 Å². The molecular formula is C28H34N2O5. The summed E-state index contributed by atoms with van der Waals surface area (Å²) < 4.78 is 5.55. The van der Waals surface area contributed by atoms with Crippen molar-refractivity contribution in [2.24, 2.45) is 17.8 Å². The van der Waals surface area contributed by atoms with Crippen LogP contribution in [-0.2, 0) is 14.3 Å². The zero-order valence-corrected chi connectivity index (χ0v) is 20.4. The molecule has 1 aliphatic carbocycles. The molecule has 186 valence electrons. The molecule has 0 bridgehead atoms. The predicted octanol–water partition coefficient (Wildman–Crippen LogP) is 4.51. The molecule has 2 N–H and O–H groups in total. The Balaban J connectivity index is 1.20.